The van der Waals surface area contributed by atoms with Gasteiger partial charge in [-0.05, 0) is 17.2 Å². The third kappa shape index (κ3) is 2.30. The minimum atomic E-state index is -1.77. The highest BCUT2D eigenvalue weighted by Gasteiger charge is 2.47. The summed E-state index contributed by atoms with van der Waals surface area (Å²) in [7, 11) is 0. The number of fused-ring (bicyclic) bond motifs is 4. The number of para-hydroxylation sites is 1. The van der Waals surface area contributed by atoms with Crippen molar-refractivity contribution in [3.8, 4) is 11.1 Å². The van der Waals surface area contributed by atoms with E-state index in [1.54, 1.807) is 18.3 Å². The molecule has 0 aliphatic heterocycles. The average molecular weight is 367 g/mol. The molecule has 5 heteroatoms. The first-order chi connectivity index (χ1) is 13.7. The van der Waals surface area contributed by atoms with Gasteiger partial charge in [0, 0.05) is 33.8 Å². The van der Waals surface area contributed by atoms with Gasteiger partial charge >= 0.3 is 0 Å². The van der Waals surface area contributed by atoms with Crippen molar-refractivity contribution in [2.45, 2.75) is 5.60 Å². The Labute approximate surface area is 161 Å². The van der Waals surface area contributed by atoms with E-state index in [1.165, 1.54) is 0 Å². The summed E-state index contributed by atoms with van der Waals surface area (Å²) in [6.07, 6.45) is 3.40. The highest BCUT2D eigenvalue weighted by Crippen LogP contribution is 2.47. The Kier molecular flexibility index (Phi) is 3.64. The summed E-state index contributed by atoms with van der Waals surface area (Å²) in [6.45, 7) is 0. The van der Waals surface area contributed by atoms with Crippen molar-refractivity contribution >= 4 is 23.0 Å². The highest BCUT2D eigenvalue weighted by molar-refractivity contribution is 6.01. The zero-order valence-electron chi connectivity index (χ0n) is 14.9. The molecule has 0 spiro atoms. The summed E-state index contributed by atoms with van der Waals surface area (Å²) < 4.78 is 0. The SMILES string of the molecule is O=C(N/N=C\c1c[nH]c2ccccc12)C1(O)c2ccccc2-c2ccccc21. The molecule has 0 bridgehead atoms. The van der Waals surface area contributed by atoms with Crippen LogP contribution in [-0.2, 0) is 10.4 Å². The summed E-state index contributed by atoms with van der Waals surface area (Å²) in [5.74, 6) is -0.582. The number of carbonyl (C=O) groups excluding carboxylic acids is 1. The monoisotopic (exact) mass is 367 g/mol. The minimum Gasteiger partial charge on any atom is -0.372 e. The van der Waals surface area contributed by atoms with E-state index >= 15 is 0 Å². The van der Waals surface area contributed by atoms with Crippen LogP contribution in [0.5, 0.6) is 0 Å². The second-order valence-corrected chi connectivity index (χ2v) is 6.79. The fourth-order valence-electron chi connectivity index (χ4n) is 3.90. The predicted molar refractivity (Wildman–Crippen MR) is 109 cm³/mol. The van der Waals surface area contributed by atoms with Gasteiger partial charge in [-0.3, -0.25) is 4.79 Å². The largest absolute Gasteiger partial charge is 0.372 e. The molecule has 0 saturated heterocycles. The van der Waals surface area contributed by atoms with Crippen LogP contribution in [0.15, 0.2) is 84.1 Å². The van der Waals surface area contributed by atoms with Crippen LogP contribution in [0.3, 0.4) is 0 Å². The number of carbonyl (C=O) groups is 1. The quantitative estimate of drug-likeness (QED) is 0.383. The number of aliphatic hydroxyl groups is 1. The molecule has 1 aliphatic carbocycles. The standard InChI is InChI=1S/C23H17N3O2/c27-22(26-25-14-15-13-24-21-12-6-3-7-16(15)21)23(28)19-10-4-1-8-17(19)18-9-2-5-11-20(18)23/h1-14,24,28H,(H,26,27)/b25-14-. The zero-order valence-corrected chi connectivity index (χ0v) is 14.9. The van der Waals surface area contributed by atoms with Gasteiger partial charge in [0.25, 0.3) is 5.91 Å². The normalized spacial score (nSPS) is 14.2. The lowest BCUT2D eigenvalue weighted by Gasteiger charge is -2.23. The first-order valence-corrected chi connectivity index (χ1v) is 9.01. The number of aromatic amines is 1. The maximum Gasteiger partial charge on any atom is 0.281 e. The van der Waals surface area contributed by atoms with E-state index in [9.17, 15) is 9.90 Å². The van der Waals surface area contributed by atoms with Crippen LogP contribution in [0.2, 0.25) is 0 Å². The number of benzene rings is 3. The number of hydrazone groups is 1. The van der Waals surface area contributed by atoms with Gasteiger partial charge in [0.1, 0.15) is 0 Å². The molecule has 3 N–H and O–H groups in total. The zero-order chi connectivity index (χ0) is 19.1. The summed E-state index contributed by atoms with van der Waals surface area (Å²) in [5, 5.41) is 16.5. The van der Waals surface area contributed by atoms with Gasteiger partial charge in [-0.15, -0.1) is 0 Å². The van der Waals surface area contributed by atoms with Crippen molar-refractivity contribution < 1.29 is 9.90 Å². The second-order valence-electron chi connectivity index (χ2n) is 6.79. The molecular formula is C23H17N3O2. The molecule has 1 heterocycles. The molecule has 1 aliphatic rings. The average Bonchev–Trinajstić information content (AvgIpc) is 3.27. The lowest BCUT2D eigenvalue weighted by molar-refractivity contribution is -0.136. The maximum absolute atomic E-state index is 13.0. The number of hydrogen-bond acceptors (Lipinski definition) is 3. The van der Waals surface area contributed by atoms with Crippen molar-refractivity contribution in [1.29, 1.82) is 0 Å². The van der Waals surface area contributed by atoms with E-state index in [-0.39, 0.29) is 0 Å². The molecule has 28 heavy (non-hydrogen) atoms. The molecule has 0 atom stereocenters. The van der Waals surface area contributed by atoms with Crippen LogP contribution in [-0.4, -0.2) is 22.2 Å². The van der Waals surface area contributed by atoms with Gasteiger partial charge in [0.2, 0.25) is 0 Å². The summed E-state index contributed by atoms with van der Waals surface area (Å²) in [5.41, 5.74) is 5.44. The minimum absolute atomic E-state index is 0.566. The predicted octanol–water partition coefficient (Wildman–Crippen LogP) is 3.53. The van der Waals surface area contributed by atoms with Gasteiger partial charge < -0.3 is 10.1 Å². The Morgan fingerprint density at radius 1 is 0.929 bits per heavy atom. The molecule has 0 radical (unpaired) electrons. The molecule has 1 amide bonds. The van der Waals surface area contributed by atoms with Gasteiger partial charge in [0.05, 0.1) is 6.21 Å². The van der Waals surface area contributed by atoms with E-state index in [1.807, 2.05) is 66.9 Å². The fraction of sp³-hybridized carbons (Fsp3) is 0.0435. The number of aromatic nitrogens is 1. The maximum atomic E-state index is 13.0. The first kappa shape index (κ1) is 16.5. The Balaban J connectivity index is 1.48. The van der Waals surface area contributed by atoms with Gasteiger partial charge in [0.15, 0.2) is 5.60 Å². The number of H-pyrrole nitrogens is 1. The van der Waals surface area contributed by atoms with Crippen LogP contribution in [0, 0.1) is 0 Å². The summed E-state index contributed by atoms with van der Waals surface area (Å²) in [6, 6.07) is 22.7. The van der Waals surface area contributed by atoms with Crippen molar-refractivity contribution in [2.24, 2.45) is 5.10 Å². The Hall–Kier alpha value is -3.70. The molecule has 0 unspecified atom stereocenters. The summed E-state index contributed by atoms with van der Waals surface area (Å²) in [4.78, 5) is 16.2. The smallest absolute Gasteiger partial charge is 0.281 e. The topological polar surface area (TPSA) is 77.5 Å². The molecule has 0 saturated carbocycles. The van der Waals surface area contributed by atoms with Crippen LogP contribution in [0.4, 0.5) is 0 Å². The van der Waals surface area contributed by atoms with Crippen LogP contribution in [0.1, 0.15) is 16.7 Å². The van der Waals surface area contributed by atoms with Gasteiger partial charge in [-0.1, -0.05) is 66.7 Å². The van der Waals surface area contributed by atoms with Crippen LogP contribution < -0.4 is 5.43 Å². The third-order valence-corrected chi connectivity index (χ3v) is 5.24. The fourth-order valence-corrected chi connectivity index (χ4v) is 3.90. The molecule has 5 nitrogen and oxygen atoms in total. The van der Waals surface area contributed by atoms with E-state index in [0.717, 1.165) is 27.6 Å². The molecular weight excluding hydrogens is 350 g/mol. The molecule has 4 aromatic rings. The van der Waals surface area contributed by atoms with E-state index in [2.05, 4.69) is 15.5 Å². The Bertz CT molecular complexity index is 1190. The van der Waals surface area contributed by atoms with Gasteiger partial charge in [-0.25, -0.2) is 5.43 Å². The van der Waals surface area contributed by atoms with Gasteiger partial charge in [-0.2, -0.15) is 5.10 Å². The Morgan fingerprint density at radius 2 is 1.54 bits per heavy atom. The molecule has 1 aromatic heterocycles. The molecule has 3 aromatic carbocycles. The van der Waals surface area contributed by atoms with E-state index in [0.29, 0.717) is 11.1 Å². The van der Waals surface area contributed by atoms with Crippen molar-refractivity contribution in [1.82, 2.24) is 10.4 Å². The van der Waals surface area contributed by atoms with E-state index < -0.39 is 11.5 Å². The number of hydrogen-bond donors (Lipinski definition) is 3. The highest BCUT2D eigenvalue weighted by atomic mass is 16.3. The lowest BCUT2D eigenvalue weighted by Crippen LogP contribution is -2.42. The Morgan fingerprint density at radius 3 is 2.25 bits per heavy atom. The first-order valence-electron chi connectivity index (χ1n) is 9.01. The number of rotatable bonds is 3. The van der Waals surface area contributed by atoms with E-state index in [4.69, 9.17) is 0 Å². The van der Waals surface area contributed by atoms with Crippen LogP contribution >= 0.6 is 0 Å². The van der Waals surface area contributed by atoms with Crippen molar-refractivity contribution in [3.63, 3.8) is 0 Å². The summed E-state index contributed by atoms with van der Waals surface area (Å²) >= 11 is 0. The number of nitrogens with one attached hydrogen (secondary N) is 2. The number of amides is 1. The molecule has 0 fully saturated rings. The van der Waals surface area contributed by atoms with Crippen molar-refractivity contribution in [2.75, 3.05) is 0 Å². The van der Waals surface area contributed by atoms with Crippen molar-refractivity contribution in [3.05, 3.63) is 95.7 Å². The van der Waals surface area contributed by atoms with Crippen LogP contribution in [0.25, 0.3) is 22.0 Å². The number of nitrogens with zero attached hydrogens (tertiary/aromatic N) is 1. The molecule has 5 rings (SSSR count). The molecule has 136 valence electrons. The third-order valence-electron chi connectivity index (χ3n) is 5.24. The lowest BCUT2D eigenvalue weighted by atomic mass is 9.91. The second kappa shape index (κ2) is 6.18.